The minimum atomic E-state index is -0.649. The molecule has 0 aromatic heterocycles. The molecule has 0 aliphatic heterocycles. The number of thioether (sulfide) groups is 1. The molecule has 0 aliphatic rings. The predicted octanol–water partition coefficient (Wildman–Crippen LogP) is 2.49. The van der Waals surface area contributed by atoms with Crippen molar-refractivity contribution < 1.29 is 8.78 Å². The summed E-state index contributed by atoms with van der Waals surface area (Å²) in [5, 5.41) is 0. The first-order valence-electron chi connectivity index (χ1n) is 2.65. The van der Waals surface area contributed by atoms with Gasteiger partial charge in [0, 0.05) is 4.90 Å². The Hall–Kier alpha value is -0.570. The van der Waals surface area contributed by atoms with Crippen LogP contribution in [0.3, 0.4) is 0 Å². The number of halogens is 2. The number of benzene rings is 1. The standard InChI is InChI=1S/C7H5F2S/c1-10-7-3-5(8)2-6(9)4-7/h3-4H,1H3. The molecular weight excluding hydrogens is 154 g/mol. The Morgan fingerprint density at radius 1 is 1.30 bits per heavy atom. The van der Waals surface area contributed by atoms with Crippen LogP contribution in [0.2, 0.25) is 0 Å². The Kier molecular flexibility index (Phi) is 2.27. The fourth-order valence-corrected chi connectivity index (χ4v) is 1.04. The van der Waals surface area contributed by atoms with Crippen molar-refractivity contribution in [3.05, 3.63) is 29.8 Å². The van der Waals surface area contributed by atoms with Crippen molar-refractivity contribution in [3.63, 3.8) is 0 Å². The molecule has 53 valence electrons. The molecule has 0 nitrogen and oxygen atoms in total. The quantitative estimate of drug-likeness (QED) is 0.567. The second-order valence-corrected chi connectivity index (χ2v) is 2.60. The molecule has 0 saturated carbocycles. The zero-order valence-electron chi connectivity index (χ0n) is 5.32. The summed E-state index contributed by atoms with van der Waals surface area (Å²) in [5.41, 5.74) is 0. The summed E-state index contributed by atoms with van der Waals surface area (Å²) in [6, 6.07) is 4.39. The van der Waals surface area contributed by atoms with E-state index in [0.717, 1.165) is 0 Å². The molecule has 1 rings (SSSR count). The highest BCUT2D eigenvalue weighted by atomic mass is 32.2. The zero-order valence-corrected chi connectivity index (χ0v) is 6.14. The maximum absolute atomic E-state index is 12.3. The predicted molar refractivity (Wildman–Crippen MR) is 37.0 cm³/mol. The van der Waals surface area contributed by atoms with Gasteiger partial charge in [0.25, 0.3) is 0 Å². The molecule has 0 saturated heterocycles. The van der Waals surface area contributed by atoms with Gasteiger partial charge in [0.05, 0.1) is 6.07 Å². The maximum atomic E-state index is 12.3. The molecule has 0 bridgehead atoms. The summed E-state index contributed by atoms with van der Waals surface area (Å²) in [6.07, 6.45) is 1.76. The van der Waals surface area contributed by atoms with Crippen LogP contribution in [0.1, 0.15) is 0 Å². The highest BCUT2D eigenvalue weighted by Crippen LogP contribution is 2.16. The van der Waals surface area contributed by atoms with E-state index in [0.29, 0.717) is 4.90 Å². The van der Waals surface area contributed by atoms with Crippen molar-refractivity contribution in [2.75, 3.05) is 6.26 Å². The van der Waals surface area contributed by atoms with Gasteiger partial charge in [-0.25, -0.2) is 8.78 Å². The van der Waals surface area contributed by atoms with Gasteiger partial charge in [0.1, 0.15) is 11.6 Å². The molecule has 0 atom stereocenters. The van der Waals surface area contributed by atoms with Crippen molar-refractivity contribution in [3.8, 4) is 0 Å². The highest BCUT2D eigenvalue weighted by molar-refractivity contribution is 7.98. The van der Waals surface area contributed by atoms with Crippen LogP contribution in [0.4, 0.5) is 8.78 Å². The zero-order chi connectivity index (χ0) is 7.56. The van der Waals surface area contributed by atoms with Gasteiger partial charge >= 0.3 is 0 Å². The van der Waals surface area contributed by atoms with Crippen LogP contribution in [-0.2, 0) is 0 Å². The molecule has 10 heavy (non-hydrogen) atoms. The third-order valence-corrected chi connectivity index (χ3v) is 1.72. The summed E-state index contributed by atoms with van der Waals surface area (Å²) in [7, 11) is 0. The Morgan fingerprint density at radius 3 is 2.20 bits per heavy atom. The number of hydrogen-bond acceptors (Lipinski definition) is 1. The van der Waals surface area contributed by atoms with Crippen molar-refractivity contribution in [1.29, 1.82) is 0 Å². The lowest BCUT2D eigenvalue weighted by Gasteiger charge is -1.94. The van der Waals surface area contributed by atoms with Gasteiger partial charge < -0.3 is 0 Å². The SMILES string of the molecule is CSc1cc(F)[c]c(F)c1. The summed E-state index contributed by atoms with van der Waals surface area (Å²) in [4.78, 5) is 0.578. The third-order valence-electron chi connectivity index (χ3n) is 1.01. The van der Waals surface area contributed by atoms with Gasteiger partial charge in [-0.05, 0) is 18.4 Å². The molecule has 3 heteroatoms. The monoisotopic (exact) mass is 159 g/mol. The van der Waals surface area contributed by atoms with Gasteiger partial charge in [0.15, 0.2) is 0 Å². The molecule has 1 aromatic rings. The van der Waals surface area contributed by atoms with Crippen LogP contribution in [0.15, 0.2) is 17.0 Å². The first-order valence-corrected chi connectivity index (χ1v) is 3.87. The Labute approximate surface area is 62.3 Å². The van der Waals surface area contributed by atoms with E-state index in [-0.39, 0.29) is 0 Å². The number of rotatable bonds is 1. The summed E-state index contributed by atoms with van der Waals surface area (Å²) in [5.74, 6) is -1.30. The van der Waals surface area contributed by atoms with E-state index < -0.39 is 11.6 Å². The fourth-order valence-electron chi connectivity index (χ4n) is 0.596. The van der Waals surface area contributed by atoms with Crippen LogP contribution in [0, 0.1) is 17.7 Å². The Morgan fingerprint density at radius 2 is 1.80 bits per heavy atom. The largest absolute Gasteiger partial charge is 0.206 e. The molecule has 0 N–H and O–H groups in total. The second kappa shape index (κ2) is 3.01. The molecule has 0 heterocycles. The van der Waals surface area contributed by atoms with E-state index in [9.17, 15) is 8.78 Å². The minimum Gasteiger partial charge on any atom is -0.206 e. The molecule has 0 aliphatic carbocycles. The number of hydrogen-bond donors (Lipinski definition) is 0. The molecule has 0 fully saturated rings. The lowest BCUT2D eigenvalue weighted by atomic mass is 10.3. The molecule has 0 unspecified atom stereocenters. The van der Waals surface area contributed by atoms with Crippen molar-refractivity contribution >= 4 is 11.8 Å². The van der Waals surface area contributed by atoms with Crippen LogP contribution in [0.25, 0.3) is 0 Å². The minimum absolute atomic E-state index is 0.578. The van der Waals surface area contributed by atoms with Crippen molar-refractivity contribution in [2.45, 2.75) is 4.90 Å². The van der Waals surface area contributed by atoms with Gasteiger partial charge in [-0.2, -0.15) is 0 Å². The van der Waals surface area contributed by atoms with Crippen LogP contribution in [-0.4, -0.2) is 6.26 Å². The van der Waals surface area contributed by atoms with Crippen molar-refractivity contribution in [2.24, 2.45) is 0 Å². The fraction of sp³-hybridized carbons (Fsp3) is 0.143. The maximum Gasteiger partial charge on any atom is 0.135 e. The highest BCUT2D eigenvalue weighted by Gasteiger charge is 1.98. The van der Waals surface area contributed by atoms with Gasteiger partial charge in [-0.1, -0.05) is 0 Å². The summed E-state index contributed by atoms with van der Waals surface area (Å²) < 4.78 is 24.6. The van der Waals surface area contributed by atoms with Crippen LogP contribution < -0.4 is 0 Å². The smallest absolute Gasteiger partial charge is 0.135 e. The molecular formula is C7H5F2S. The third kappa shape index (κ3) is 1.70. The van der Waals surface area contributed by atoms with E-state index in [2.05, 4.69) is 0 Å². The van der Waals surface area contributed by atoms with Gasteiger partial charge in [0.2, 0.25) is 0 Å². The van der Waals surface area contributed by atoms with E-state index >= 15 is 0 Å². The first kappa shape index (κ1) is 7.54. The van der Waals surface area contributed by atoms with Gasteiger partial charge in [-0.3, -0.25) is 0 Å². The lowest BCUT2D eigenvalue weighted by Crippen LogP contribution is -1.80. The topological polar surface area (TPSA) is 0 Å². The van der Waals surface area contributed by atoms with Crippen LogP contribution in [0.5, 0.6) is 0 Å². The lowest BCUT2D eigenvalue weighted by molar-refractivity contribution is 0.573. The Balaban J connectivity index is 3.06. The van der Waals surface area contributed by atoms with Crippen molar-refractivity contribution in [1.82, 2.24) is 0 Å². The molecule has 1 aromatic carbocycles. The Bertz CT molecular complexity index is 215. The molecule has 0 amide bonds. The normalized spacial score (nSPS) is 9.90. The first-order chi connectivity index (χ1) is 4.72. The van der Waals surface area contributed by atoms with E-state index in [4.69, 9.17) is 0 Å². The van der Waals surface area contributed by atoms with E-state index in [1.165, 1.54) is 23.9 Å². The average Bonchev–Trinajstić information content (AvgIpc) is 1.85. The van der Waals surface area contributed by atoms with Crippen LogP contribution >= 0.6 is 11.8 Å². The molecule has 0 spiro atoms. The second-order valence-electron chi connectivity index (χ2n) is 1.72. The summed E-state index contributed by atoms with van der Waals surface area (Å²) in [6.45, 7) is 0. The van der Waals surface area contributed by atoms with E-state index in [1.807, 2.05) is 6.07 Å². The van der Waals surface area contributed by atoms with Gasteiger partial charge in [-0.15, -0.1) is 11.8 Å². The van der Waals surface area contributed by atoms with E-state index in [1.54, 1.807) is 6.26 Å². The summed E-state index contributed by atoms with van der Waals surface area (Å²) >= 11 is 1.30. The average molecular weight is 159 g/mol. The molecule has 1 radical (unpaired) electrons.